The van der Waals surface area contributed by atoms with Crippen molar-refractivity contribution in [2.75, 3.05) is 18.8 Å². The average molecular weight is 364 g/mol. The minimum Gasteiger partial charge on any atom is -0.360 e. The van der Waals surface area contributed by atoms with Crippen LogP contribution in [0.3, 0.4) is 0 Å². The van der Waals surface area contributed by atoms with E-state index in [9.17, 15) is 13.2 Å². The van der Waals surface area contributed by atoms with Gasteiger partial charge in [0.25, 0.3) is 5.91 Å². The van der Waals surface area contributed by atoms with Gasteiger partial charge >= 0.3 is 0 Å². The summed E-state index contributed by atoms with van der Waals surface area (Å²) >= 11 is 0. The highest BCUT2D eigenvalue weighted by molar-refractivity contribution is 7.91. The van der Waals surface area contributed by atoms with E-state index in [4.69, 9.17) is 4.52 Å². The molecule has 1 aromatic heterocycles. The van der Waals surface area contributed by atoms with Crippen molar-refractivity contribution in [3.05, 3.63) is 47.3 Å². The average Bonchev–Trinajstić information content (AvgIpc) is 3.06. The van der Waals surface area contributed by atoms with Crippen molar-refractivity contribution < 1.29 is 17.7 Å². The Balaban J connectivity index is 2.08. The highest BCUT2D eigenvalue weighted by atomic mass is 32.2. The molecule has 2 aromatic rings. The Labute approximate surface area is 148 Å². The number of rotatable bonds is 7. The molecule has 0 radical (unpaired) electrons. The number of amides is 1. The maximum Gasteiger partial charge on any atom is 0.276 e. The third kappa shape index (κ3) is 4.69. The Morgan fingerprint density at radius 1 is 1.24 bits per heavy atom. The van der Waals surface area contributed by atoms with Crippen molar-refractivity contribution in [1.29, 1.82) is 0 Å². The van der Waals surface area contributed by atoms with Gasteiger partial charge in [-0.25, -0.2) is 8.42 Å². The van der Waals surface area contributed by atoms with Gasteiger partial charge in [0.15, 0.2) is 15.5 Å². The molecule has 0 atom stereocenters. The number of sulfone groups is 1. The Morgan fingerprint density at radius 3 is 2.40 bits per heavy atom. The lowest BCUT2D eigenvalue weighted by molar-refractivity contribution is 0.0763. The summed E-state index contributed by atoms with van der Waals surface area (Å²) in [6, 6.07) is 8.33. The largest absolute Gasteiger partial charge is 0.360 e. The second-order valence-corrected chi connectivity index (χ2v) is 8.40. The van der Waals surface area contributed by atoms with Gasteiger partial charge in [0, 0.05) is 25.1 Å². The van der Waals surface area contributed by atoms with E-state index in [0.29, 0.717) is 12.3 Å². The molecule has 0 unspecified atom stereocenters. The molecule has 0 bridgehead atoms. The van der Waals surface area contributed by atoms with Crippen LogP contribution in [0.1, 0.15) is 48.5 Å². The lowest BCUT2D eigenvalue weighted by atomic mass is 10.1. The molecule has 0 saturated carbocycles. The first-order chi connectivity index (χ1) is 11.7. The molecule has 0 aliphatic carbocycles. The van der Waals surface area contributed by atoms with Crippen molar-refractivity contribution in [1.82, 2.24) is 10.1 Å². The number of carbonyl (C=O) groups excluding carboxylic acids is 1. The number of hydrogen-bond donors (Lipinski definition) is 0. The lowest BCUT2D eigenvalue weighted by Crippen LogP contribution is -2.35. The van der Waals surface area contributed by atoms with Gasteiger partial charge in [0.05, 0.1) is 10.6 Å². The van der Waals surface area contributed by atoms with Crippen LogP contribution in [0.4, 0.5) is 0 Å². The van der Waals surface area contributed by atoms with Gasteiger partial charge in [-0.15, -0.1) is 0 Å². The fraction of sp³-hybridized carbons (Fsp3) is 0.444. The fourth-order valence-electron chi connectivity index (χ4n) is 2.32. The molecule has 6 nitrogen and oxygen atoms in total. The van der Waals surface area contributed by atoms with Gasteiger partial charge in [-0.3, -0.25) is 4.79 Å². The number of benzene rings is 1. The first-order valence-corrected chi connectivity index (χ1v) is 9.95. The molecule has 0 fully saturated rings. The Bertz CT molecular complexity index is 823. The highest BCUT2D eigenvalue weighted by Crippen LogP contribution is 2.17. The third-order valence-corrected chi connectivity index (χ3v) is 5.71. The molecule has 136 valence electrons. The second kappa shape index (κ2) is 7.82. The van der Waals surface area contributed by atoms with Gasteiger partial charge < -0.3 is 9.42 Å². The van der Waals surface area contributed by atoms with E-state index in [1.165, 1.54) is 4.90 Å². The summed E-state index contributed by atoms with van der Waals surface area (Å²) in [7, 11) is -3.44. The van der Waals surface area contributed by atoms with Gasteiger partial charge in [-0.2, -0.15) is 0 Å². The maximum absolute atomic E-state index is 12.5. The van der Waals surface area contributed by atoms with Gasteiger partial charge in [-0.05, 0) is 26.0 Å². The number of hydrogen-bond acceptors (Lipinski definition) is 5. The van der Waals surface area contributed by atoms with Crippen LogP contribution in [-0.4, -0.2) is 43.2 Å². The smallest absolute Gasteiger partial charge is 0.276 e. The van der Waals surface area contributed by atoms with Crippen LogP contribution < -0.4 is 0 Å². The molecule has 0 N–H and O–H groups in total. The van der Waals surface area contributed by atoms with E-state index in [2.05, 4.69) is 5.16 Å². The molecular weight excluding hydrogens is 340 g/mol. The van der Waals surface area contributed by atoms with Crippen LogP contribution in [0.15, 0.2) is 39.8 Å². The van der Waals surface area contributed by atoms with Gasteiger partial charge in [0.2, 0.25) is 0 Å². The predicted octanol–water partition coefficient (Wildman–Crippen LogP) is 3.04. The normalized spacial score (nSPS) is 11.7. The number of nitrogens with zero attached hydrogens (tertiary/aromatic N) is 2. The molecular formula is C18H24N2O4S. The van der Waals surface area contributed by atoms with Gasteiger partial charge in [0.1, 0.15) is 5.76 Å². The van der Waals surface area contributed by atoms with E-state index < -0.39 is 9.84 Å². The topological polar surface area (TPSA) is 80.5 Å². The van der Waals surface area contributed by atoms with Crippen LogP contribution in [-0.2, 0) is 9.84 Å². The van der Waals surface area contributed by atoms with Crippen molar-refractivity contribution in [3.63, 3.8) is 0 Å². The van der Waals surface area contributed by atoms with E-state index in [-0.39, 0.29) is 34.7 Å². The van der Waals surface area contributed by atoms with E-state index >= 15 is 0 Å². The Kier molecular flexibility index (Phi) is 6.00. The second-order valence-electron chi connectivity index (χ2n) is 6.29. The molecule has 0 aliphatic heterocycles. The van der Waals surface area contributed by atoms with Crippen LogP contribution in [0, 0.1) is 6.92 Å². The van der Waals surface area contributed by atoms with Crippen LogP contribution in [0.25, 0.3) is 0 Å². The van der Waals surface area contributed by atoms with Crippen LogP contribution >= 0.6 is 0 Å². The van der Waals surface area contributed by atoms with E-state index in [0.717, 1.165) is 5.56 Å². The van der Waals surface area contributed by atoms with E-state index in [1.54, 1.807) is 37.3 Å². The predicted molar refractivity (Wildman–Crippen MR) is 95.4 cm³/mol. The Hall–Kier alpha value is -2.15. The zero-order chi connectivity index (χ0) is 18.6. The Morgan fingerprint density at radius 2 is 1.88 bits per heavy atom. The first kappa shape index (κ1) is 19.2. The molecule has 0 spiro atoms. The highest BCUT2D eigenvalue weighted by Gasteiger charge is 2.22. The molecule has 1 amide bonds. The summed E-state index contributed by atoms with van der Waals surface area (Å²) in [6.07, 6.45) is 0. The summed E-state index contributed by atoms with van der Waals surface area (Å²) in [5, 5.41) is 3.80. The minimum atomic E-state index is -3.44. The third-order valence-electron chi connectivity index (χ3n) is 4.00. The monoisotopic (exact) mass is 364 g/mol. The lowest BCUT2D eigenvalue weighted by Gasteiger charge is -2.19. The van der Waals surface area contributed by atoms with Crippen molar-refractivity contribution >= 4 is 15.7 Å². The summed E-state index contributed by atoms with van der Waals surface area (Å²) < 4.78 is 30.0. The van der Waals surface area contributed by atoms with Crippen molar-refractivity contribution in [2.24, 2.45) is 0 Å². The molecule has 2 rings (SSSR count). The summed E-state index contributed by atoms with van der Waals surface area (Å²) in [4.78, 5) is 14.3. The zero-order valence-electron chi connectivity index (χ0n) is 15.0. The maximum atomic E-state index is 12.5. The fourth-order valence-corrected chi connectivity index (χ4v) is 3.57. The molecule has 25 heavy (non-hydrogen) atoms. The minimum absolute atomic E-state index is 0.107. The summed E-state index contributed by atoms with van der Waals surface area (Å²) in [5.74, 6) is 0.305. The molecule has 1 aromatic carbocycles. The summed E-state index contributed by atoms with van der Waals surface area (Å²) in [6.45, 7) is 8.10. The van der Waals surface area contributed by atoms with Crippen LogP contribution in [0.2, 0.25) is 0 Å². The van der Waals surface area contributed by atoms with Crippen LogP contribution in [0.5, 0.6) is 0 Å². The van der Waals surface area contributed by atoms with Crippen molar-refractivity contribution in [2.45, 2.75) is 38.5 Å². The van der Waals surface area contributed by atoms with E-state index in [1.807, 2.05) is 20.8 Å². The SMILES string of the molecule is CCN(CCS(=O)(=O)c1ccc(C)cc1)C(=O)c1cc(C(C)C)on1. The number of aromatic nitrogens is 1. The zero-order valence-corrected chi connectivity index (χ0v) is 15.8. The van der Waals surface area contributed by atoms with Gasteiger partial charge in [-0.1, -0.05) is 36.7 Å². The molecule has 1 heterocycles. The first-order valence-electron chi connectivity index (χ1n) is 8.30. The molecule has 7 heteroatoms. The number of aryl methyl sites for hydroxylation is 1. The molecule has 0 saturated heterocycles. The van der Waals surface area contributed by atoms with Crippen molar-refractivity contribution in [3.8, 4) is 0 Å². The standard InChI is InChI=1S/C18H24N2O4S/c1-5-20(18(21)16-12-17(13(2)3)24-19-16)10-11-25(22,23)15-8-6-14(4)7-9-15/h6-9,12-13H,5,10-11H2,1-4H3. The summed E-state index contributed by atoms with van der Waals surface area (Å²) in [5.41, 5.74) is 1.20. The number of carbonyl (C=O) groups is 1. The quantitative estimate of drug-likeness (QED) is 0.754. The molecule has 0 aliphatic rings.